The summed E-state index contributed by atoms with van der Waals surface area (Å²) in [5.74, 6) is 1.13. The van der Waals surface area contributed by atoms with Crippen LogP contribution < -0.4 is 10.1 Å². The third-order valence-electron chi connectivity index (χ3n) is 3.49. The van der Waals surface area contributed by atoms with E-state index in [1.807, 2.05) is 66.7 Å². The Hall–Kier alpha value is -3.08. The minimum atomic E-state index is -0.590. The molecule has 1 unspecified atom stereocenters. The summed E-state index contributed by atoms with van der Waals surface area (Å²) < 4.78 is 10.9. The highest BCUT2D eigenvalue weighted by molar-refractivity contribution is 5.80. The Morgan fingerprint density at radius 1 is 1.12 bits per heavy atom. The van der Waals surface area contributed by atoms with Crippen LogP contribution in [0, 0.1) is 0 Å². The van der Waals surface area contributed by atoms with E-state index in [4.69, 9.17) is 9.26 Å². The molecule has 1 amide bonds. The monoisotopic (exact) mass is 322 g/mol. The first-order chi connectivity index (χ1) is 11.7. The Balaban J connectivity index is 1.54. The summed E-state index contributed by atoms with van der Waals surface area (Å²) in [5, 5.41) is 6.77. The molecule has 2 aromatic carbocycles. The molecule has 3 aromatic rings. The molecular formula is C19H18N2O3. The van der Waals surface area contributed by atoms with Crippen LogP contribution >= 0.6 is 0 Å². The van der Waals surface area contributed by atoms with Gasteiger partial charge in [-0.15, -0.1) is 0 Å². The van der Waals surface area contributed by atoms with Gasteiger partial charge in [-0.05, 0) is 19.1 Å². The standard InChI is InChI=1S/C19H18N2O3/c1-14(23-17-10-6-3-7-11-17)19(22)20-13-16-12-18(24-21-16)15-8-4-2-5-9-15/h2-12,14H,13H2,1H3,(H,20,22). The smallest absolute Gasteiger partial charge is 0.261 e. The molecule has 1 heterocycles. The molecule has 0 aliphatic rings. The number of nitrogens with one attached hydrogen (secondary N) is 1. The van der Waals surface area contributed by atoms with Crippen molar-refractivity contribution < 1.29 is 14.1 Å². The van der Waals surface area contributed by atoms with Crippen LogP contribution in [0.2, 0.25) is 0 Å². The molecule has 0 fully saturated rings. The van der Waals surface area contributed by atoms with Gasteiger partial charge in [0.05, 0.1) is 6.54 Å². The predicted molar refractivity (Wildman–Crippen MR) is 90.3 cm³/mol. The Morgan fingerprint density at radius 3 is 2.50 bits per heavy atom. The maximum atomic E-state index is 12.1. The summed E-state index contributed by atoms with van der Waals surface area (Å²) in [5.41, 5.74) is 1.61. The first kappa shape index (κ1) is 15.8. The highest BCUT2D eigenvalue weighted by atomic mass is 16.5. The molecule has 0 aliphatic heterocycles. The summed E-state index contributed by atoms with van der Waals surface area (Å²) in [6.07, 6.45) is -0.590. The molecule has 0 bridgehead atoms. The molecule has 1 aromatic heterocycles. The van der Waals surface area contributed by atoms with Gasteiger partial charge in [-0.3, -0.25) is 4.79 Å². The number of hydrogen-bond acceptors (Lipinski definition) is 4. The van der Waals surface area contributed by atoms with E-state index in [1.54, 1.807) is 6.92 Å². The molecule has 0 aliphatic carbocycles. The van der Waals surface area contributed by atoms with Gasteiger partial charge in [-0.1, -0.05) is 53.7 Å². The van der Waals surface area contributed by atoms with Gasteiger partial charge in [0.1, 0.15) is 11.4 Å². The van der Waals surface area contributed by atoms with Crippen molar-refractivity contribution in [1.29, 1.82) is 0 Å². The first-order valence-electron chi connectivity index (χ1n) is 7.73. The molecule has 24 heavy (non-hydrogen) atoms. The van der Waals surface area contributed by atoms with E-state index in [9.17, 15) is 4.79 Å². The van der Waals surface area contributed by atoms with Crippen molar-refractivity contribution in [3.05, 3.63) is 72.4 Å². The van der Waals surface area contributed by atoms with Gasteiger partial charge in [-0.2, -0.15) is 0 Å². The quantitative estimate of drug-likeness (QED) is 0.755. The van der Waals surface area contributed by atoms with Crippen LogP contribution in [-0.4, -0.2) is 17.2 Å². The van der Waals surface area contributed by atoms with Gasteiger partial charge >= 0.3 is 0 Å². The Morgan fingerprint density at radius 2 is 1.79 bits per heavy atom. The normalized spacial score (nSPS) is 11.7. The predicted octanol–water partition coefficient (Wildman–Crippen LogP) is 3.43. The number of carbonyl (C=O) groups excluding carboxylic acids is 1. The van der Waals surface area contributed by atoms with Crippen molar-refractivity contribution in [3.8, 4) is 17.1 Å². The first-order valence-corrected chi connectivity index (χ1v) is 7.73. The SMILES string of the molecule is CC(Oc1ccccc1)C(=O)NCc1cc(-c2ccccc2)on1. The fourth-order valence-corrected chi connectivity index (χ4v) is 2.21. The van der Waals surface area contributed by atoms with Crippen molar-refractivity contribution in [2.24, 2.45) is 0 Å². The van der Waals surface area contributed by atoms with Crippen molar-refractivity contribution in [3.63, 3.8) is 0 Å². The zero-order valence-corrected chi connectivity index (χ0v) is 13.3. The Bertz CT molecular complexity index is 785. The highest BCUT2D eigenvalue weighted by Gasteiger charge is 2.15. The van der Waals surface area contributed by atoms with Crippen molar-refractivity contribution in [1.82, 2.24) is 10.5 Å². The lowest BCUT2D eigenvalue weighted by Crippen LogP contribution is -2.35. The second kappa shape index (κ2) is 7.46. The third-order valence-corrected chi connectivity index (χ3v) is 3.49. The van der Waals surface area contributed by atoms with Crippen LogP contribution in [0.4, 0.5) is 0 Å². The van der Waals surface area contributed by atoms with Crippen molar-refractivity contribution in [2.75, 3.05) is 0 Å². The Labute approximate surface area is 140 Å². The summed E-state index contributed by atoms with van der Waals surface area (Å²) in [6.45, 7) is 2.00. The van der Waals surface area contributed by atoms with Gasteiger partial charge < -0.3 is 14.6 Å². The van der Waals surface area contributed by atoms with Gasteiger partial charge in [0.25, 0.3) is 5.91 Å². The maximum Gasteiger partial charge on any atom is 0.261 e. The lowest BCUT2D eigenvalue weighted by molar-refractivity contribution is -0.127. The van der Waals surface area contributed by atoms with Crippen LogP contribution in [0.3, 0.4) is 0 Å². The number of nitrogens with zero attached hydrogens (tertiary/aromatic N) is 1. The Kier molecular flexibility index (Phi) is 4.91. The van der Waals surface area contributed by atoms with Crippen molar-refractivity contribution in [2.45, 2.75) is 19.6 Å². The van der Waals surface area contributed by atoms with Gasteiger partial charge in [0.15, 0.2) is 11.9 Å². The lowest BCUT2D eigenvalue weighted by atomic mass is 10.1. The molecule has 0 saturated carbocycles. The fraction of sp³-hybridized carbons (Fsp3) is 0.158. The van der Waals surface area contributed by atoms with E-state index in [1.165, 1.54) is 0 Å². The summed E-state index contributed by atoms with van der Waals surface area (Å²) in [6, 6.07) is 20.8. The fourth-order valence-electron chi connectivity index (χ4n) is 2.21. The van der Waals surface area contributed by atoms with E-state index >= 15 is 0 Å². The largest absolute Gasteiger partial charge is 0.481 e. The maximum absolute atomic E-state index is 12.1. The van der Waals surface area contributed by atoms with E-state index < -0.39 is 6.10 Å². The second-order valence-electron chi connectivity index (χ2n) is 5.34. The molecule has 0 radical (unpaired) electrons. The average Bonchev–Trinajstić information content (AvgIpc) is 3.10. The van der Waals surface area contributed by atoms with E-state index in [0.29, 0.717) is 17.2 Å². The zero-order chi connectivity index (χ0) is 16.8. The van der Waals surface area contributed by atoms with Crippen LogP contribution in [0.1, 0.15) is 12.6 Å². The molecule has 1 atom stereocenters. The van der Waals surface area contributed by atoms with Gasteiger partial charge in [-0.25, -0.2) is 0 Å². The lowest BCUT2D eigenvalue weighted by Gasteiger charge is -2.13. The third kappa shape index (κ3) is 4.01. The topological polar surface area (TPSA) is 64.4 Å². The molecule has 5 nitrogen and oxygen atoms in total. The number of carbonyl (C=O) groups is 1. The number of amides is 1. The van der Waals surface area contributed by atoms with Crippen molar-refractivity contribution >= 4 is 5.91 Å². The molecule has 0 saturated heterocycles. The van der Waals surface area contributed by atoms with E-state index in [0.717, 1.165) is 5.56 Å². The summed E-state index contributed by atoms with van der Waals surface area (Å²) in [7, 11) is 0. The van der Waals surface area contributed by atoms with Gasteiger partial charge in [0.2, 0.25) is 0 Å². The molecule has 1 N–H and O–H groups in total. The number of para-hydroxylation sites is 1. The second-order valence-corrected chi connectivity index (χ2v) is 5.34. The zero-order valence-electron chi connectivity index (χ0n) is 13.3. The number of benzene rings is 2. The number of ether oxygens (including phenoxy) is 1. The molecular weight excluding hydrogens is 304 g/mol. The molecule has 3 rings (SSSR count). The van der Waals surface area contributed by atoms with E-state index in [2.05, 4.69) is 10.5 Å². The van der Waals surface area contributed by atoms with Crippen LogP contribution in [0.15, 0.2) is 71.3 Å². The summed E-state index contributed by atoms with van der Waals surface area (Å²) >= 11 is 0. The molecule has 5 heteroatoms. The number of rotatable bonds is 6. The molecule has 122 valence electrons. The average molecular weight is 322 g/mol. The summed E-state index contributed by atoms with van der Waals surface area (Å²) in [4.78, 5) is 12.1. The van der Waals surface area contributed by atoms with Crippen LogP contribution in [0.25, 0.3) is 11.3 Å². The number of aromatic nitrogens is 1. The minimum Gasteiger partial charge on any atom is -0.481 e. The van der Waals surface area contributed by atoms with Crippen LogP contribution in [0.5, 0.6) is 5.75 Å². The van der Waals surface area contributed by atoms with E-state index in [-0.39, 0.29) is 12.5 Å². The highest BCUT2D eigenvalue weighted by Crippen LogP contribution is 2.19. The number of hydrogen-bond donors (Lipinski definition) is 1. The molecule has 0 spiro atoms. The van der Waals surface area contributed by atoms with Gasteiger partial charge in [0, 0.05) is 11.6 Å². The van der Waals surface area contributed by atoms with Crippen LogP contribution in [-0.2, 0) is 11.3 Å². The minimum absolute atomic E-state index is 0.205.